The average Bonchev–Trinajstić information content (AvgIpc) is 2.33. The van der Waals surface area contributed by atoms with Crippen molar-refractivity contribution in [2.75, 3.05) is 4.72 Å². The molecule has 7 heteroatoms. The van der Waals surface area contributed by atoms with Crippen molar-refractivity contribution in [2.24, 2.45) is 0 Å². The van der Waals surface area contributed by atoms with Crippen molar-refractivity contribution in [3.63, 3.8) is 0 Å². The molecule has 0 saturated heterocycles. The monoisotopic (exact) mass is 257 g/mol. The summed E-state index contributed by atoms with van der Waals surface area (Å²) in [7, 11) is 0. The number of hydrogen-bond acceptors (Lipinski definition) is 4. The van der Waals surface area contributed by atoms with E-state index < -0.39 is 17.5 Å². The first-order chi connectivity index (χ1) is 8.16. The summed E-state index contributed by atoms with van der Waals surface area (Å²) >= 11 is 0.789. The van der Waals surface area contributed by atoms with E-state index in [0.29, 0.717) is 11.9 Å². The summed E-state index contributed by atoms with van der Waals surface area (Å²) < 4.78 is 41.4. The van der Waals surface area contributed by atoms with Gasteiger partial charge in [-0.2, -0.15) is 5.10 Å². The minimum Gasteiger partial charge on any atom is -0.309 e. The Hall–Kier alpha value is -1.76. The predicted molar refractivity (Wildman–Crippen MR) is 57.8 cm³/mol. The zero-order valence-electron chi connectivity index (χ0n) is 8.32. The SMILES string of the molecule is Fc1cc(F)c(SNc2cccnn2)cc1F. The molecule has 2 aromatic rings. The Morgan fingerprint density at radius 1 is 1.06 bits per heavy atom. The maximum absolute atomic E-state index is 13.2. The van der Waals surface area contributed by atoms with Crippen molar-refractivity contribution in [3.8, 4) is 0 Å². The Bertz CT molecular complexity index is 522. The highest BCUT2D eigenvalue weighted by Crippen LogP contribution is 2.24. The van der Waals surface area contributed by atoms with Crippen LogP contribution < -0.4 is 4.72 Å². The van der Waals surface area contributed by atoms with Crippen molar-refractivity contribution >= 4 is 17.8 Å². The molecule has 0 radical (unpaired) electrons. The van der Waals surface area contributed by atoms with E-state index >= 15 is 0 Å². The molecule has 0 unspecified atom stereocenters. The van der Waals surface area contributed by atoms with Crippen molar-refractivity contribution < 1.29 is 13.2 Å². The molecule has 0 saturated carbocycles. The summed E-state index contributed by atoms with van der Waals surface area (Å²) in [6.07, 6.45) is 1.48. The average molecular weight is 257 g/mol. The minimum absolute atomic E-state index is 0.0606. The molecule has 17 heavy (non-hydrogen) atoms. The number of aromatic nitrogens is 2. The summed E-state index contributed by atoms with van der Waals surface area (Å²) in [6, 6.07) is 4.52. The van der Waals surface area contributed by atoms with Gasteiger partial charge < -0.3 is 4.72 Å². The summed E-state index contributed by atoms with van der Waals surface area (Å²) in [5.74, 6) is -2.77. The number of nitrogens with one attached hydrogen (secondary N) is 1. The van der Waals surface area contributed by atoms with E-state index in [0.717, 1.165) is 18.0 Å². The minimum atomic E-state index is -1.22. The van der Waals surface area contributed by atoms with Gasteiger partial charge in [0.05, 0.1) is 4.90 Å². The summed E-state index contributed by atoms with van der Waals surface area (Å²) in [5.41, 5.74) is 0. The molecule has 0 aliphatic carbocycles. The molecule has 1 N–H and O–H groups in total. The van der Waals surface area contributed by atoms with Crippen molar-refractivity contribution in [1.82, 2.24) is 10.2 Å². The fourth-order valence-corrected chi connectivity index (χ4v) is 1.69. The normalized spacial score (nSPS) is 10.3. The molecule has 0 fully saturated rings. The van der Waals surface area contributed by atoms with Crippen molar-refractivity contribution in [2.45, 2.75) is 4.90 Å². The van der Waals surface area contributed by atoms with E-state index in [1.165, 1.54) is 6.20 Å². The van der Waals surface area contributed by atoms with Crippen LogP contribution >= 0.6 is 11.9 Å². The van der Waals surface area contributed by atoms with Crippen LogP contribution in [0.3, 0.4) is 0 Å². The predicted octanol–water partition coefficient (Wildman–Crippen LogP) is 3.01. The number of benzene rings is 1. The van der Waals surface area contributed by atoms with E-state index in [2.05, 4.69) is 14.9 Å². The van der Waals surface area contributed by atoms with Crippen LogP contribution in [-0.4, -0.2) is 10.2 Å². The molecule has 2 rings (SSSR count). The third-order valence-corrected chi connectivity index (χ3v) is 2.66. The van der Waals surface area contributed by atoms with Crippen LogP contribution in [0.4, 0.5) is 19.0 Å². The van der Waals surface area contributed by atoms with Gasteiger partial charge in [0.25, 0.3) is 0 Å². The number of halogens is 3. The van der Waals surface area contributed by atoms with Crippen LogP contribution in [0.1, 0.15) is 0 Å². The second-order valence-electron chi connectivity index (χ2n) is 3.01. The first-order valence-electron chi connectivity index (χ1n) is 4.52. The van der Waals surface area contributed by atoms with E-state index in [-0.39, 0.29) is 4.90 Å². The summed E-state index contributed by atoms with van der Waals surface area (Å²) in [4.78, 5) is -0.0606. The molecule has 0 aliphatic rings. The first-order valence-corrected chi connectivity index (χ1v) is 5.33. The van der Waals surface area contributed by atoms with E-state index in [4.69, 9.17) is 0 Å². The van der Waals surface area contributed by atoms with Gasteiger partial charge in [-0.1, -0.05) is 0 Å². The highest BCUT2D eigenvalue weighted by molar-refractivity contribution is 8.00. The maximum Gasteiger partial charge on any atom is 0.161 e. The fourth-order valence-electron chi connectivity index (χ4n) is 1.05. The molecule has 1 aromatic heterocycles. The van der Waals surface area contributed by atoms with Gasteiger partial charge in [-0.05, 0) is 30.1 Å². The molecule has 0 aliphatic heterocycles. The fraction of sp³-hybridized carbons (Fsp3) is 0. The van der Waals surface area contributed by atoms with Crippen LogP contribution in [0.5, 0.6) is 0 Å². The Kier molecular flexibility index (Phi) is 3.48. The number of rotatable bonds is 3. The Morgan fingerprint density at radius 3 is 2.53 bits per heavy atom. The molecule has 0 amide bonds. The van der Waals surface area contributed by atoms with Crippen LogP contribution in [-0.2, 0) is 0 Å². The first kappa shape index (κ1) is 11.7. The third kappa shape index (κ3) is 2.88. The molecule has 0 bridgehead atoms. The molecule has 0 spiro atoms. The smallest absolute Gasteiger partial charge is 0.161 e. The summed E-state index contributed by atoms with van der Waals surface area (Å²) in [5, 5.41) is 7.29. The van der Waals surface area contributed by atoms with Gasteiger partial charge in [0.15, 0.2) is 17.5 Å². The van der Waals surface area contributed by atoms with Gasteiger partial charge in [-0.25, -0.2) is 13.2 Å². The Balaban J connectivity index is 2.12. The highest BCUT2D eigenvalue weighted by Gasteiger charge is 2.10. The number of anilines is 1. The van der Waals surface area contributed by atoms with Gasteiger partial charge in [0.2, 0.25) is 0 Å². The quantitative estimate of drug-likeness (QED) is 0.677. The molecular formula is C10H6F3N3S. The van der Waals surface area contributed by atoms with E-state index in [1.54, 1.807) is 12.1 Å². The lowest BCUT2D eigenvalue weighted by Gasteiger charge is -2.05. The Labute approximate surface area is 99.2 Å². The van der Waals surface area contributed by atoms with Gasteiger partial charge >= 0.3 is 0 Å². The lowest BCUT2D eigenvalue weighted by Crippen LogP contribution is -1.95. The molecule has 1 aromatic carbocycles. The van der Waals surface area contributed by atoms with E-state index in [9.17, 15) is 13.2 Å². The van der Waals surface area contributed by atoms with Gasteiger partial charge in [0.1, 0.15) is 5.82 Å². The van der Waals surface area contributed by atoms with Gasteiger partial charge in [0, 0.05) is 12.3 Å². The molecule has 88 valence electrons. The lowest BCUT2D eigenvalue weighted by atomic mass is 10.3. The van der Waals surface area contributed by atoms with Crippen LogP contribution in [0.15, 0.2) is 35.4 Å². The van der Waals surface area contributed by atoms with E-state index in [1.807, 2.05) is 0 Å². The second kappa shape index (κ2) is 5.05. The topological polar surface area (TPSA) is 37.8 Å². The second-order valence-corrected chi connectivity index (χ2v) is 3.86. The molecule has 3 nitrogen and oxygen atoms in total. The number of hydrogen-bond donors (Lipinski definition) is 1. The summed E-state index contributed by atoms with van der Waals surface area (Å²) in [6.45, 7) is 0. The lowest BCUT2D eigenvalue weighted by molar-refractivity contribution is 0.486. The molecule has 1 heterocycles. The van der Waals surface area contributed by atoms with Crippen molar-refractivity contribution in [1.29, 1.82) is 0 Å². The maximum atomic E-state index is 13.2. The van der Waals surface area contributed by atoms with Gasteiger partial charge in [-0.3, -0.25) is 0 Å². The van der Waals surface area contributed by atoms with Crippen LogP contribution in [0.2, 0.25) is 0 Å². The zero-order valence-corrected chi connectivity index (χ0v) is 9.14. The molecular weight excluding hydrogens is 251 g/mol. The largest absolute Gasteiger partial charge is 0.309 e. The highest BCUT2D eigenvalue weighted by atomic mass is 32.2. The van der Waals surface area contributed by atoms with Crippen LogP contribution in [0.25, 0.3) is 0 Å². The Morgan fingerprint density at radius 2 is 1.82 bits per heavy atom. The third-order valence-electron chi connectivity index (χ3n) is 1.81. The van der Waals surface area contributed by atoms with Crippen LogP contribution in [0, 0.1) is 17.5 Å². The number of nitrogens with zero attached hydrogens (tertiary/aromatic N) is 2. The van der Waals surface area contributed by atoms with Gasteiger partial charge in [-0.15, -0.1) is 5.10 Å². The van der Waals surface area contributed by atoms with Crippen molar-refractivity contribution in [3.05, 3.63) is 47.9 Å². The standard InChI is InChI=1S/C10H6F3N3S/c11-6-4-8(13)9(5-7(6)12)17-16-10-2-1-3-14-15-10/h1-5H,(H,15,16). The zero-order chi connectivity index (χ0) is 12.3. The molecule has 0 atom stereocenters.